The summed E-state index contributed by atoms with van der Waals surface area (Å²) in [6.07, 6.45) is 2.86. The van der Waals surface area contributed by atoms with Crippen LogP contribution in [0.5, 0.6) is 0 Å². The molecule has 0 unspecified atom stereocenters. The van der Waals surface area contributed by atoms with Gasteiger partial charge in [0.1, 0.15) is 11.6 Å². The summed E-state index contributed by atoms with van der Waals surface area (Å²) in [5, 5.41) is 3.99. The molecule has 1 saturated heterocycles. The highest BCUT2D eigenvalue weighted by molar-refractivity contribution is 7.09. The number of aromatic nitrogens is 2. The van der Waals surface area contributed by atoms with E-state index in [1.54, 1.807) is 19.2 Å². The maximum atomic E-state index is 13.2. The Bertz CT molecular complexity index is 1070. The Morgan fingerprint density at radius 1 is 1.11 bits per heavy atom. The number of ether oxygens (including phenoxy) is 1. The first-order chi connectivity index (χ1) is 17.6. The van der Waals surface area contributed by atoms with Gasteiger partial charge in [0, 0.05) is 70.2 Å². The van der Waals surface area contributed by atoms with Gasteiger partial charge in [-0.15, -0.1) is 0 Å². The van der Waals surface area contributed by atoms with Crippen LogP contribution < -0.4 is 10.2 Å². The summed E-state index contributed by atoms with van der Waals surface area (Å²) >= 11 is 1.32. The molecule has 2 heterocycles. The van der Waals surface area contributed by atoms with Crippen molar-refractivity contribution in [2.24, 2.45) is 0 Å². The van der Waals surface area contributed by atoms with Crippen LogP contribution in [-0.4, -0.2) is 66.1 Å². The summed E-state index contributed by atoms with van der Waals surface area (Å²) in [6.45, 7) is 4.65. The molecule has 1 fully saturated rings. The number of carbonyl (C=O) groups is 1. The fourth-order valence-corrected chi connectivity index (χ4v) is 5.08. The predicted octanol–water partition coefficient (Wildman–Crippen LogP) is 3.89. The monoisotopic (exact) mass is 511 g/mol. The number of carbonyl (C=O) groups excluding carboxylic acids is 1. The van der Waals surface area contributed by atoms with Gasteiger partial charge in [0.05, 0.1) is 6.61 Å². The molecule has 192 valence electrons. The fraction of sp³-hybridized carbons (Fsp3) is 0.444. The van der Waals surface area contributed by atoms with Crippen LogP contribution in [0.2, 0.25) is 0 Å². The number of amides is 1. The zero-order chi connectivity index (χ0) is 25.2. The van der Waals surface area contributed by atoms with Crippen LogP contribution in [0.3, 0.4) is 0 Å². The van der Waals surface area contributed by atoms with Crippen molar-refractivity contribution in [1.82, 2.24) is 19.6 Å². The minimum atomic E-state index is -0.257. The molecule has 1 aromatic heterocycles. The van der Waals surface area contributed by atoms with Crippen LogP contribution in [0.15, 0.2) is 54.6 Å². The highest BCUT2D eigenvalue weighted by atomic mass is 32.1. The first-order valence-corrected chi connectivity index (χ1v) is 13.2. The van der Waals surface area contributed by atoms with Crippen molar-refractivity contribution >= 4 is 22.6 Å². The summed E-state index contributed by atoms with van der Waals surface area (Å²) in [6, 6.07) is 17.1. The van der Waals surface area contributed by atoms with E-state index in [1.165, 1.54) is 29.2 Å². The average Bonchev–Trinajstić information content (AvgIpc) is 3.35. The van der Waals surface area contributed by atoms with Crippen molar-refractivity contribution in [3.05, 3.63) is 77.4 Å². The van der Waals surface area contributed by atoms with E-state index < -0.39 is 0 Å². The third-order valence-electron chi connectivity index (χ3n) is 6.38. The first kappa shape index (κ1) is 26.2. The number of nitrogens with one attached hydrogen (secondary N) is 1. The number of anilines is 1. The Kier molecular flexibility index (Phi) is 9.77. The highest BCUT2D eigenvalue weighted by Gasteiger charge is 2.21. The predicted molar refractivity (Wildman–Crippen MR) is 141 cm³/mol. The first-order valence-electron chi connectivity index (χ1n) is 12.5. The number of benzene rings is 2. The maximum Gasteiger partial charge on any atom is 0.221 e. The Morgan fingerprint density at radius 3 is 2.58 bits per heavy atom. The minimum absolute atomic E-state index is 0.0648. The van der Waals surface area contributed by atoms with E-state index in [9.17, 15) is 9.18 Å². The molecule has 4 rings (SSSR count). The van der Waals surface area contributed by atoms with Crippen molar-refractivity contribution < 1.29 is 13.9 Å². The smallest absolute Gasteiger partial charge is 0.221 e. The number of hydrogen-bond donors (Lipinski definition) is 1. The Morgan fingerprint density at radius 2 is 1.86 bits per heavy atom. The third-order valence-corrected chi connectivity index (χ3v) is 7.19. The lowest BCUT2D eigenvalue weighted by molar-refractivity contribution is -0.121. The van der Waals surface area contributed by atoms with E-state index in [0.29, 0.717) is 38.4 Å². The van der Waals surface area contributed by atoms with Crippen LogP contribution in [0.4, 0.5) is 9.52 Å². The van der Waals surface area contributed by atoms with E-state index in [2.05, 4.69) is 48.7 Å². The standard InChI is InChI=1S/C27H34FN5O2S/c1-35-18-17-33(27-30-25(31-36-27)19-21-7-9-23(28)10-8-21)16-13-26(34)29-24-11-14-32(15-12-24)20-22-5-3-2-4-6-22/h2-10,24H,11-20H2,1H3,(H,29,34). The number of likely N-dealkylation sites (tertiary alicyclic amines) is 1. The van der Waals surface area contributed by atoms with Crippen LogP contribution in [0, 0.1) is 5.82 Å². The van der Waals surface area contributed by atoms with Gasteiger partial charge < -0.3 is 15.0 Å². The second-order valence-electron chi connectivity index (χ2n) is 9.13. The van der Waals surface area contributed by atoms with E-state index in [0.717, 1.165) is 43.2 Å². The van der Waals surface area contributed by atoms with Crippen molar-refractivity contribution in [2.75, 3.05) is 44.8 Å². The molecule has 0 atom stereocenters. The van der Waals surface area contributed by atoms with Gasteiger partial charge >= 0.3 is 0 Å². The molecule has 9 heteroatoms. The molecule has 1 N–H and O–H groups in total. The molecule has 0 bridgehead atoms. The summed E-state index contributed by atoms with van der Waals surface area (Å²) in [7, 11) is 1.66. The average molecular weight is 512 g/mol. The zero-order valence-electron chi connectivity index (χ0n) is 20.7. The largest absolute Gasteiger partial charge is 0.383 e. The van der Waals surface area contributed by atoms with E-state index in [4.69, 9.17) is 4.74 Å². The van der Waals surface area contributed by atoms with E-state index in [-0.39, 0.29) is 17.8 Å². The minimum Gasteiger partial charge on any atom is -0.383 e. The lowest BCUT2D eigenvalue weighted by Crippen LogP contribution is -2.45. The van der Waals surface area contributed by atoms with Gasteiger partial charge in [-0.2, -0.15) is 4.37 Å². The summed E-state index contributed by atoms with van der Waals surface area (Å²) in [5.41, 5.74) is 2.28. The molecule has 3 aromatic rings. The van der Waals surface area contributed by atoms with Crippen LogP contribution in [0.1, 0.15) is 36.2 Å². The fourth-order valence-electron chi connectivity index (χ4n) is 4.35. The lowest BCUT2D eigenvalue weighted by atomic mass is 10.0. The molecule has 0 radical (unpaired) electrons. The molecule has 0 spiro atoms. The van der Waals surface area contributed by atoms with Crippen LogP contribution in [-0.2, 0) is 22.5 Å². The highest BCUT2D eigenvalue weighted by Crippen LogP contribution is 2.20. The third kappa shape index (κ3) is 8.08. The van der Waals surface area contributed by atoms with Crippen molar-refractivity contribution in [2.45, 2.75) is 38.3 Å². The second-order valence-corrected chi connectivity index (χ2v) is 9.86. The van der Waals surface area contributed by atoms with Gasteiger partial charge in [-0.25, -0.2) is 9.37 Å². The lowest BCUT2D eigenvalue weighted by Gasteiger charge is -2.32. The molecule has 1 aliphatic rings. The van der Waals surface area contributed by atoms with Gasteiger partial charge in [-0.3, -0.25) is 9.69 Å². The number of rotatable bonds is 12. The van der Waals surface area contributed by atoms with Crippen LogP contribution >= 0.6 is 11.5 Å². The number of hydrogen-bond acceptors (Lipinski definition) is 7. The molecule has 7 nitrogen and oxygen atoms in total. The molecule has 0 saturated carbocycles. The summed E-state index contributed by atoms with van der Waals surface area (Å²) in [4.78, 5) is 21.9. The van der Waals surface area contributed by atoms with Crippen molar-refractivity contribution in [3.8, 4) is 0 Å². The Hall–Kier alpha value is -2.88. The van der Waals surface area contributed by atoms with E-state index >= 15 is 0 Å². The quantitative estimate of drug-likeness (QED) is 0.398. The maximum absolute atomic E-state index is 13.2. The molecule has 1 aliphatic heterocycles. The molecular formula is C27H34FN5O2S. The SMILES string of the molecule is COCCN(CCC(=O)NC1CCN(Cc2ccccc2)CC1)c1nc(Cc2ccc(F)cc2)ns1. The van der Waals surface area contributed by atoms with Crippen LogP contribution in [0.25, 0.3) is 0 Å². The van der Waals surface area contributed by atoms with Gasteiger partial charge in [0.2, 0.25) is 11.0 Å². The van der Waals surface area contributed by atoms with Crippen molar-refractivity contribution in [3.63, 3.8) is 0 Å². The zero-order valence-corrected chi connectivity index (χ0v) is 21.6. The van der Waals surface area contributed by atoms with E-state index in [1.807, 2.05) is 6.07 Å². The number of halogens is 1. The topological polar surface area (TPSA) is 70.6 Å². The molecule has 36 heavy (non-hydrogen) atoms. The Labute approximate surface area is 216 Å². The summed E-state index contributed by atoms with van der Waals surface area (Å²) < 4.78 is 22.9. The molecule has 1 amide bonds. The second kappa shape index (κ2) is 13.4. The molecule has 0 aliphatic carbocycles. The normalized spacial score (nSPS) is 14.6. The van der Waals surface area contributed by atoms with Gasteiger partial charge in [0.15, 0.2) is 0 Å². The number of nitrogens with zero attached hydrogens (tertiary/aromatic N) is 4. The number of piperidine rings is 1. The molecular weight excluding hydrogens is 477 g/mol. The van der Waals surface area contributed by atoms with Gasteiger partial charge in [-0.05, 0) is 36.1 Å². The number of methoxy groups -OCH3 is 1. The molecule has 2 aromatic carbocycles. The summed E-state index contributed by atoms with van der Waals surface area (Å²) in [5.74, 6) is 0.498. The van der Waals surface area contributed by atoms with Gasteiger partial charge in [-0.1, -0.05) is 42.5 Å². The van der Waals surface area contributed by atoms with Crippen molar-refractivity contribution in [1.29, 1.82) is 0 Å². The van der Waals surface area contributed by atoms with Gasteiger partial charge in [0.25, 0.3) is 0 Å². The Balaban J connectivity index is 1.23.